The van der Waals surface area contributed by atoms with Crippen LogP contribution in [-0.4, -0.2) is 54.6 Å². The van der Waals surface area contributed by atoms with Crippen molar-refractivity contribution in [3.05, 3.63) is 33.6 Å². The molecule has 8 heteroatoms. The zero-order valence-corrected chi connectivity index (χ0v) is 13.5. The number of amides is 2. The molecule has 0 unspecified atom stereocenters. The van der Waals surface area contributed by atoms with Crippen LogP contribution in [0, 0.1) is 5.82 Å². The van der Waals surface area contributed by atoms with Gasteiger partial charge in [0.05, 0.1) is 22.2 Å². The molecule has 0 N–H and O–H groups in total. The van der Waals surface area contributed by atoms with E-state index >= 15 is 0 Å². The number of carbonyl (C=O) groups excluding carboxylic acids is 2. The lowest BCUT2D eigenvalue weighted by Gasteiger charge is -2.34. The fourth-order valence-electron chi connectivity index (χ4n) is 2.16. The van der Waals surface area contributed by atoms with E-state index in [1.165, 1.54) is 15.9 Å². The van der Waals surface area contributed by atoms with Crippen molar-refractivity contribution in [2.45, 2.75) is 6.92 Å². The van der Waals surface area contributed by atoms with Gasteiger partial charge in [0, 0.05) is 26.2 Å². The minimum Gasteiger partial charge on any atom is -0.450 e. The van der Waals surface area contributed by atoms with Gasteiger partial charge in [-0.25, -0.2) is 9.18 Å². The smallest absolute Gasteiger partial charge is 0.409 e. The van der Waals surface area contributed by atoms with E-state index in [2.05, 4.69) is 0 Å². The van der Waals surface area contributed by atoms with E-state index in [-0.39, 0.29) is 21.5 Å². The molecule has 0 atom stereocenters. The van der Waals surface area contributed by atoms with Crippen molar-refractivity contribution in [1.82, 2.24) is 9.80 Å². The van der Waals surface area contributed by atoms with Crippen molar-refractivity contribution in [3.8, 4) is 0 Å². The quantitative estimate of drug-likeness (QED) is 0.771. The van der Waals surface area contributed by atoms with Crippen LogP contribution in [0.1, 0.15) is 17.3 Å². The van der Waals surface area contributed by atoms with Gasteiger partial charge < -0.3 is 14.5 Å². The van der Waals surface area contributed by atoms with E-state index in [0.717, 1.165) is 6.07 Å². The maximum atomic E-state index is 13.5. The lowest BCUT2D eigenvalue weighted by Crippen LogP contribution is -2.50. The van der Waals surface area contributed by atoms with E-state index in [1.54, 1.807) is 6.92 Å². The van der Waals surface area contributed by atoms with Gasteiger partial charge in [-0.2, -0.15) is 0 Å². The van der Waals surface area contributed by atoms with Gasteiger partial charge >= 0.3 is 6.09 Å². The molecule has 0 aromatic heterocycles. The van der Waals surface area contributed by atoms with Crippen molar-refractivity contribution in [2.75, 3.05) is 32.8 Å². The largest absolute Gasteiger partial charge is 0.450 e. The molecule has 2 rings (SSSR count). The molecular formula is C14H15Cl2FN2O3. The first kappa shape index (κ1) is 16.8. The van der Waals surface area contributed by atoms with Gasteiger partial charge in [-0.05, 0) is 19.1 Å². The number of nitrogens with zero attached hydrogens (tertiary/aromatic N) is 2. The summed E-state index contributed by atoms with van der Waals surface area (Å²) in [7, 11) is 0. The Kier molecular flexibility index (Phi) is 5.47. The standard InChI is InChI=1S/C14H15Cl2FN2O3/c1-2-22-14(21)19-5-3-18(4-6-19)13(20)9-7-12(17)11(16)8-10(9)15/h7-8H,2-6H2,1H3. The summed E-state index contributed by atoms with van der Waals surface area (Å²) in [6.45, 7) is 3.42. The fraction of sp³-hybridized carbons (Fsp3) is 0.429. The van der Waals surface area contributed by atoms with Crippen LogP contribution in [0.25, 0.3) is 0 Å². The molecule has 22 heavy (non-hydrogen) atoms. The number of benzene rings is 1. The SMILES string of the molecule is CCOC(=O)N1CCN(C(=O)c2cc(F)c(Cl)cc2Cl)CC1. The van der Waals surface area contributed by atoms with Crippen LogP contribution >= 0.6 is 23.2 Å². The van der Waals surface area contributed by atoms with Crippen LogP contribution in [0.15, 0.2) is 12.1 Å². The molecule has 0 saturated carbocycles. The van der Waals surface area contributed by atoms with E-state index in [4.69, 9.17) is 27.9 Å². The van der Waals surface area contributed by atoms with Gasteiger partial charge in [0.25, 0.3) is 5.91 Å². The van der Waals surface area contributed by atoms with Gasteiger partial charge in [-0.1, -0.05) is 23.2 Å². The Balaban J connectivity index is 2.04. The Bertz CT molecular complexity index is 590. The van der Waals surface area contributed by atoms with E-state index in [9.17, 15) is 14.0 Å². The average molecular weight is 349 g/mol. The zero-order chi connectivity index (χ0) is 16.3. The Labute approximate surface area is 137 Å². The van der Waals surface area contributed by atoms with Gasteiger partial charge in [0.15, 0.2) is 0 Å². The van der Waals surface area contributed by atoms with Gasteiger partial charge in [-0.3, -0.25) is 4.79 Å². The second-order valence-corrected chi connectivity index (χ2v) is 5.54. The molecule has 0 radical (unpaired) electrons. The average Bonchev–Trinajstić information content (AvgIpc) is 2.50. The molecule has 0 bridgehead atoms. The second-order valence-electron chi connectivity index (χ2n) is 4.72. The third kappa shape index (κ3) is 3.62. The van der Waals surface area contributed by atoms with Gasteiger partial charge in [-0.15, -0.1) is 0 Å². The number of carbonyl (C=O) groups is 2. The summed E-state index contributed by atoms with van der Waals surface area (Å²) in [6, 6.07) is 2.24. The van der Waals surface area contributed by atoms with Crippen molar-refractivity contribution in [3.63, 3.8) is 0 Å². The van der Waals surface area contributed by atoms with Crippen LogP contribution < -0.4 is 0 Å². The molecule has 0 spiro atoms. The molecule has 0 aliphatic carbocycles. The molecule has 1 fully saturated rings. The van der Waals surface area contributed by atoms with Crippen LogP contribution in [0.4, 0.5) is 9.18 Å². The molecule has 1 aromatic carbocycles. The van der Waals surface area contributed by atoms with Crippen molar-refractivity contribution in [2.24, 2.45) is 0 Å². The minimum atomic E-state index is -0.695. The molecule has 1 aliphatic rings. The molecule has 5 nitrogen and oxygen atoms in total. The van der Waals surface area contributed by atoms with Crippen LogP contribution in [0.5, 0.6) is 0 Å². The monoisotopic (exact) mass is 348 g/mol. The number of hydrogen-bond donors (Lipinski definition) is 0. The lowest BCUT2D eigenvalue weighted by atomic mass is 10.1. The topological polar surface area (TPSA) is 49.9 Å². The number of rotatable bonds is 2. The molecule has 2 amide bonds. The van der Waals surface area contributed by atoms with Crippen LogP contribution in [-0.2, 0) is 4.74 Å². The Hall–Kier alpha value is -1.53. The third-order valence-corrected chi connectivity index (χ3v) is 3.94. The summed E-state index contributed by atoms with van der Waals surface area (Å²) >= 11 is 11.6. The summed E-state index contributed by atoms with van der Waals surface area (Å²) in [4.78, 5) is 27.0. The molecule has 1 aliphatic heterocycles. The minimum absolute atomic E-state index is 0.0631. The number of hydrogen-bond acceptors (Lipinski definition) is 3. The molecule has 120 valence electrons. The number of piperazine rings is 1. The summed E-state index contributed by atoms with van der Waals surface area (Å²) in [6.07, 6.45) is -0.398. The first-order chi connectivity index (χ1) is 10.4. The molecule has 1 heterocycles. The highest BCUT2D eigenvalue weighted by molar-refractivity contribution is 6.36. The highest BCUT2D eigenvalue weighted by atomic mass is 35.5. The first-order valence-electron chi connectivity index (χ1n) is 6.79. The van der Waals surface area contributed by atoms with Crippen molar-refractivity contribution in [1.29, 1.82) is 0 Å². The van der Waals surface area contributed by atoms with E-state index in [1.807, 2.05) is 0 Å². The number of halogens is 3. The first-order valence-corrected chi connectivity index (χ1v) is 7.55. The highest BCUT2D eigenvalue weighted by Crippen LogP contribution is 2.25. The third-order valence-electron chi connectivity index (χ3n) is 3.33. The van der Waals surface area contributed by atoms with E-state index < -0.39 is 11.9 Å². The maximum Gasteiger partial charge on any atom is 0.409 e. The van der Waals surface area contributed by atoms with Crippen LogP contribution in [0.2, 0.25) is 10.0 Å². The zero-order valence-electron chi connectivity index (χ0n) is 11.9. The lowest BCUT2D eigenvalue weighted by molar-refractivity contribution is 0.0570. The Morgan fingerprint density at radius 1 is 1.14 bits per heavy atom. The second kappa shape index (κ2) is 7.15. The Morgan fingerprint density at radius 3 is 2.32 bits per heavy atom. The summed E-state index contributed by atoms with van der Waals surface area (Å²) < 4.78 is 18.4. The summed E-state index contributed by atoms with van der Waals surface area (Å²) in [5, 5.41) is -0.0297. The maximum absolute atomic E-state index is 13.5. The fourth-order valence-corrected chi connectivity index (χ4v) is 2.63. The predicted molar refractivity (Wildman–Crippen MR) is 80.9 cm³/mol. The van der Waals surface area contributed by atoms with Gasteiger partial charge in [0.1, 0.15) is 5.82 Å². The van der Waals surface area contributed by atoms with Crippen molar-refractivity contribution >= 4 is 35.2 Å². The molecular weight excluding hydrogens is 334 g/mol. The van der Waals surface area contributed by atoms with Crippen LogP contribution in [0.3, 0.4) is 0 Å². The normalized spacial score (nSPS) is 14.9. The van der Waals surface area contributed by atoms with Crippen molar-refractivity contribution < 1.29 is 18.7 Å². The molecule has 1 aromatic rings. The summed E-state index contributed by atoms with van der Waals surface area (Å²) in [5.41, 5.74) is 0.0631. The van der Waals surface area contributed by atoms with E-state index in [0.29, 0.717) is 32.8 Å². The molecule has 1 saturated heterocycles. The number of ether oxygens (including phenoxy) is 1. The predicted octanol–water partition coefficient (Wildman–Crippen LogP) is 3.05. The Morgan fingerprint density at radius 2 is 1.73 bits per heavy atom. The van der Waals surface area contributed by atoms with Gasteiger partial charge in [0.2, 0.25) is 0 Å². The summed E-state index contributed by atoms with van der Waals surface area (Å²) in [5.74, 6) is -1.08. The highest BCUT2D eigenvalue weighted by Gasteiger charge is 2.27.